The molecule has 0 bridgehead atoms. The fourth-order valence-electron chi connectivity index (χ4n) is 5.94. The Morgan fingerprint density at radius 2 is 1.43 bits per heavy atom. The molecular formula is C34H44O19. The highest BCUT2D eigenvalue weighted by Crippen LogP contribution is 2.34. The number of carbonyl (C=O) groups excluding carboxylic acids is 1. The van der Waals surface area contributed by atoms with Crippen LogP contribution in [0.15, 0.2) is 42.5 Å². The van der Waals surface area contributed by atoms with Crippen LogP contribution in [0.25, 0.3) is 6.08 Å². The molecular weight excluding hydrogens is 712 g/mol. The van der Waals surface area contributed by atoms with Crippen molar-refractivity contribution < 1.29 is 94.1 Å². The molecule has 3 aliphatic rings. The molecule has 19 heteroatoms. The van der Waals surface area contributed by atoms with Crippen LogP contribution in [-0.4, -0.2) is 168 Å². The topological polar surface area (TPSA) is 304 Å². The van der Waals surface area contributed by atoms with E-state index in [1.165, 1.54) is 49.4 Å². The van der Waals surface area contributed by atoms with Crippen LogP contribution >= 0.6 is 0 Å². The van der Waals surface area contributed by atoms with Gasteiger partial charge in [0.25, 0.3) is 0 Å². The maximum Gasteiger partial charge on any atom is 0.331 e. The fourth-order valence-corrected chi connectivity index (χ4v) is 5.94. The van der Waals surface area contributed by atoms with Crippen LogP contribution in [0.2, 0.25) is 0 Å². The number of phenolic OH excluding ortho intramolecular Hbond substituents is 4. The first-order valence-corrected chi connectivity index (χ1v) is 16.6. The lowest BCUT2D eigenvalue weighted by Crippen LogP contribution is -2.66. The third-order valence-corrected chi connectivity index (χ3v) is 8.99. The van der Waals surface area contributed by atoms with E-state index in [1.54, 1.807) is 0 Å². The van der Waals surface area contributed by atoms with Crippen molar-refractivity contribution in [2.45, 2.75) is 99.4 Å². The molecule has 3 heterocycles. The molecule has 3 fully saturated rings. The lowest BCUT2D eigenvalue weighted by Gasteiger charge is -2.48. The highest BCUT2D eigenvalue weighted by molar-refractivity contribution is 5.87. The second-order valence-corrected chi connectivity index (χ2v) is 12.8. The SMILES string of the molecule is C[C@@H]1O[C@H](O[C@@H]2[C@@H](O)[C@H](OCCc3ccc(O)c(O)c3)O[C@H](CO)[C@H]2OC(=O)C=Cc2ccc(O)c(O)c2)[C@H](O[C@H]2OC[C@H](O)[C@H](O)[C@H]2O)[C@H](O)[C@H]1O. The quantitative estimate of drug-likeness (QED) is 0.0603. The predicted molar refractivity (Wildman–Crippen MR) is 174 cm³/mol. The van der Waals surface area contributed by atoms with E-state index in [-0.39, 0.29) is 30.3 Å². The number of aromatic hydroxyl groups is 4. The van der Waals surface area contributed by atoms with Gasteiger partial charge in [0.15, 0.2) is 48.0 Å². The van der Waals surface area contributed by atoms with Gasteiger partial charge in [-0.15, -0.1) is 0 Å². The summed E-state index contributed by atoms with van der Waals surface area (Å²) < 4.78 is 40.1. The number of aliphatic hydroxyl groups excluding tert-OH is 7. The lowest BCUT2D eigenvalue weighted by molar-refractivity contribution is -0.381. The number of ether oxygens (including phenoxy) is 7. The van der Waals surface area contributed by atoms with Crippen LogP contribution in [0.3, 0.4) is 0 Å². The van der Waals surface area contributed by atoms with Crippen molar-refractivity contribution in [3.05, 3.63) is 53.6 Å². The molecule has 14 atom stereocenters. The van der Waals surface area contributed by atoms with E-state index in [1.807, 2.05) is 0 Å². The number of rotatable bonds is 12. The first-order valence-electron chi connectivity index (χ1n) is 16.6. The van der Waals surface area contributed by atoms with Crippen LogP contribution in [0, 0.1) is 0 Å². The molecule has 3 aliphatic heterocycles. The number of esters is 1. The van der Waals surface area contributed by atoms with Crippen molar-refractivity contribution in [2.24, 2.45) is 0 Å². The van der Waals surface area contributed by atoms with Gasteiger partial charge in [-0.25, -0.2) is 4.79 Å². The Labute approximate surface area is 302 Å². The van der Waals surface area contributed by atoms with Crippen LogP contribution in [-0.2, 0) is 44.4 Å². The molecule has 53 heavy (non-hydrogen) atoms. The Kier molecular flexibility index (Phi) is 13.5. The molecule has 0 unspecified atom stereocenters. The number of aliphatic hydroxyl groups is 7. The smallest absolute Gasteiger partial charge is 0.331 e. The minimum Gasteiger partial charge on any atom is -0.504 e. The average molecular weight is 757 g/mol. The summed E-state index contributed by atoms with van der Waals surface area (Å²) in [5.74, 6) is -2.58. The van der Waals surface area contributed by atoms with Gasteiger partial charge in [0.1, 0.15) is 54.9 Å². The fraction of sp³-hybridized carbons (Fsp3) is 0.559. The summed E-state index contributed by atoms with van der Waals surface area (Å²) in [7, 11) is 0. The third-order valence-electron chi connectivity index (χ3n) is 8.99. The van der Waals surface area contributed by atoms with Gasteiger partial charge in [-0.2, -0.15) is 0 Å². The molecule has 0 saturated carbocycles. The van der Waals surface area contributed by atoms with Crippen molar-refractivity contribution in [1.29, 1.82) is 0 Å². The summed E-state index contributed by atoms with van der Waals surface area (Å²) in [5.41, 5.74) is 0.834. The van der Waals surface area contributed by atoms with Gasteiger partial charge < -0.3 is 89.3 Å². The average Bonchev–Trinajstić information content (AvgIpc) is 3.13. The number of hydrogen-bond acceptors (Lipinski definition) is 19. The van der Waals surface area contributed by atoms with Crippen molar-refractivity contribution in [3.8, 4) is 23.0 Å². The molecule has 2 aromatic rings. The van der Waals surface area contributed by atoms with E-state index >= 15 is 0 Å². The van der Waals surface area contributed by atoms with Crippen molar-refractivity contribution in [1.82, 2.24) is 0 Å². The minimum absolute atomic E-state index is 0.137. The molecule has 0 radical (unpaired) electrons. The number of carbonyl (C=O) groups is 1. The Bertz CT molecular complexity index is 1560. The van der Waals surface area contributed by atoms with E-state index in [0.29, 0.717) is 11.1 Å². The summed E-state index contributed by atoms with van der Waals surface area (Å²) in [6.07, 6.45) is -20.3. The normalized spacial score (nSPS) is 36.4. The largest absolute Gasteiger partial charge is 0.504 e. The summed E-state index contributed by atoms with van der Waals surface area (Å²) >= 11 is 0. The van der Waals surface area contributed by atoms with E-state index < -0.39 is 111 Å². The lowest BCUT2D eigenvalue weighted by atomic mass is 9.96. The highest BCUT2D eigenvalue weighted by atomic mass is 16.8. The molecule has 19 nitrogen and oxygen atoms in total. The first-order chi connectivity index (χ1) is 25.2. The van der Waals surface area contributed by atoms with Gasteiger partial charge in [0, 0.05) is 6.08 Å². The minimum atomic E-state index is -1.82. The van der Waals surface area contributed by atoms with Gasteiger partial charge in [0.05, 0.1) is 25.9 Å². The second-order valence-electron chi connectivity index (χ2n) is 12.8. The molecule has 2 aromatic carbocycles. The van der Waals surface area contributed by atoms with Crippen molar-refractivity contribution in [3.63, 3.8) is 0 Å². The van der Waals surface area contributed by atoms with Gasteiger partial charge in [-0.05, 0) is 54.8 Å². The molecule has 0 amide bonds. The predicted octanol–water partition coefficient (Wildman–Crippen LogP) is -2.55. The molecule has 0 aromatic heterocycles. The molecule has 11 N–H and O–H groups in total. The zero-order chi connectivity index (χ0) is 38.6. The maximum absolute atomic E-state index is 13.1. The second kappa shape index (κ2) is 17.6. The summed E-state index contributed by atoms with van der Waals surface area (Å²) in [6, 6.07) is 7.85. The van der Waals surface area contributed by atoms with E-state index in [9.17, 15) is 61.0 Å². The maximum atomic E-state index is 13.1. The first kappa shape index (κ1) is 40.5. The van der Waals surface area contributed by atoms with Crippen LogP contribution in [0.1, 0.15) is 18.1 Å². The van der Waals surface area contributed by atoms with Crippen LogP contribution in [0.4, 0.5) is 0 Å². The number of benzene rings is 2. The summed E-state index contributed by atoms with van der Waals surface area (Å²) in [6.45, 7) is -0.0224. The molecule has 3 saturated heterocycles. The van der Waals surface area contributed by atoms with Crippen LogP contribution < -0.4 is 0 Å². The Hall–Kier alpha value is -3.67. The highest BCUT2D eigenvalue weighted by Gasteiger charge is 2.54. The van der Waals surface area contributed by atoms with E-state index in [4.69, 9.17) is 33.2 Å². The Morgan fingerprint density at radius 3 is 2.11 bits per heavy atom. The van der Waals surface area contributed by atoms with E-state index in [0.717, 1.165) is 6.08 Å². The Morgan fingerprint density at radius 1 is 0.755 bits per heavy atom. The van der Waals surface area contributed by atoms with Gasteiger partial charge in [-0.1, -0.05) is 12.1 Å². The number of phenols is 4. The Balaban J connectivity index is 1.39. The third kappa shape index (κ3) is 9.53. The standard InChI is InChI=1S/C34H44O19/c1-14-24(42)26(44)31(53-32-27(45)25(43)21(40)13-48-32)34(49-14)52-30-28(46)33(47-9-8-16-3-6-18(37)20(39)11-16)50-22(12-35)29(30)51-23(41)7-4-15-2-5-17(36)19(38)10-15/h2-7,10-11,14,21-22,24-40,42-46H,8-9,12-13H2,1H3/t14-,21-,22+,24-,25-,26+,27+,28+,29+,30+,31+,32+,33+,34+/m0/s1. The van der Waals surface area contributed by atoms with E-state index in [2.05, 4.69) is 0 Å². The van der Waals surface area contributed by atoms with Crippen molar-refractivity contribution >= 4 is 12.0 Å². The molecule has 5 rings (SSSR count). The number of hydrogen-bond donors (Lipinski definition) is 11. The monoisotopic (exact) mass is 756 g/mol. The van der Waals surface area contributed by atoms with Gasteiger partial charge in [-0.3, -0.25) is 0 Å². The van der Waals surface area contributed by atoms with Crippen LogP contribution in [0.5, 0.6) is 23.0 Å². The summed E-state index contributed by atoms with van der Waals surface area (Å²) in [4.78, 5) is 13.1. The molecule has 294 valence electrons. The van der Waals surface area contributed by atoms with Crippen molar-refractivity contribution in [2.75, 3.05) is 19.8 Å². The van der Waals surface area contributed by atoms with Gasteiger partial charge >= 0.3 is 5.97 Å². The molecule has 0 aliphatic carbocycles. The van der Waals surface area contributed by atoms with Gasteiger partial charge in [0.2, 0.25) is 0 Å². The zero-order valence-electron chi connectivity index (χ0n) is 28.2. The summed E-state index contributed by atoms with van der Waals surface area (Å²) in [5, 5.41) is 113. The zero-order valence-corrected chi connectivity index (χ0v) is 28.2. The molecule has 0 spiro atoms.